The first-order valence-corrected chi connectivity index (χ1v) is 12.3. The van der Waals surface area contributed by atoms with Crippen molar-refractivity contribution in [2.75, 3.05) is 12.3 Å². The number of rotatable bonds is 11. The number of halogens is 1. The van der Waals surface area contributed by atoms with Crippen LogP contribution in [-0.2, 0) is 21.9 Å². The quantitative estimate of drug-likeness (QED) is 0.433. The molecular formula is C24H31BrN2O2S. The van der Waals surface area contributed by atoms with Gasteiger partial charge in [-0.1, -0.05) is 71.2 Å². The maximum atomic E-state index is 13.1. The third-order valence-corrected chi connectivity index (χ3v) is 6.30. The fraction of sp³-hybridized carbons (Fsp3) is 0.417. The highest BCUT2D eigenvalue weighted by molar-refractivity contribution is 9.10. The van der Waals surface area contributed by atoms with Crippen LogP contribution in [0.4, 0.5) is 0 Å². The summed E-state index contributed by atoms with van der Waals surface area (Å²) in [6.45, 7) is 7.01. The molecule has 0 aliphatic carbocycles. The van der Waals surface area contributed by atoms with Gasteiger partial charge in [0.2, 0.25) is 11.8 Å². The van der Waals surface area contributed by atoms with E-state index in [2.05, 4.69) is 53.3 Å². The molecule has 0 bridgehead atoms. The number of hydrogen-bond donors (Lipinski definition) is 1. The van der Waals surface area contributed by atoms with Crippen LogP contribution in [0.15, 0.2) is 53.0 Å². The summed E-state index contributed by atoms with van der Waals surface area (Å²) in [5.74, 6) is 0.991. The number of hydrogen-bond acceptors (Lipinski definition) is 3. The zero-order chi connectivity index (χ0) is 21.9. The van der Waals surface area contributed by atoms with E-state index in [-0.39, 0.29) is 11.8 Å². The number of carbonyl (C=O) groups excluding carboxylic acids is 2. The van der Waals surface area contributed by atoms with Gasteiger partial charge in [0.05, 0.1) is 5.75 Å². The van der Waals surface area contributed by atoms with E-state index in [1.54, 1.807) is 16.7 Å². The monoisotopic (exact) mass is 490 g/mol. The van der Waals surface area contributed by atoms with Crippen molar-refractivity contribution in [2.24, 2.45) is 0 Å². The molecule has 30 heavy (non-hydrogen) atoms. The Kier molecular flexibility index (Phi) is 10.4. The molecule has 0 radical (unpaired) electrons. The Morgan fingerprint density at radius 2 is 1.87 bits per heavy atom. The van der Waals surface area contributed by atoms with E-state index >= 15 is 0 Å². The van der Waals surface area contributed by atoms with E-state index < -0.39 is 6.04 Å². The molecule has 0 unspecified atom stereocenters. The second-order valence-corrected chi connectivity index (χ2v) is 9.36. The minimum Gasteiger partial charge on any atom is -0.354 e. The molecule has 0 heterocycles. The summed E-state index contributed by atoms with van der Waals surface area (Å²) in [5.41, 5.74) is 3.42. The summed E-state index contributed by atoms with van der Waals surface area (Å²) >= 11 is 5.07. The lowest BCUT2D eigenvalue weighted by Gasteiger charge is -2.29. The van der Waals surface area contributed by atoms with E-state index in [4.69, 9.17) is 0 Å². The van der Waals surface area contributed by atoms with E-state index in [9.17, 15) is 9.59 Å². The van der Waals surface area contributed by atoms with Crippen molar-refractivity contribution in [1.82, 2.24) is 10.2 Å². The van der Waals surface area contributed by atoms with E-state index in [1.807, 2.05) is 37.3 Å². The number of unbranched alkanes of at least 4 members (excludes halogenated alkanes) is 1. The van der Waals surface area contributed by atoms with Crippen molar-refractivity contribution in [3.63, 3.8) is 0 Å². The van der Waals surface area contributed by atoms with E-state index in [0.29, 0.717) is 18.8 Å². The molecule has 0 aromatic heterocycles. The minimum absolute atomic E-state index is 0.0224. The molecule has 1 atom stereocenters. The normalized spacial score (nSPS) is 11.7. The molecule has 0 spiro atoms. The molecule has 0 saturated heterocycles. The number of thioether (sulfide) groups is 1. The van der Waals surface area contributed by atoms with Crippen molar-refractivity contribution in [2.45, 2.75) is 52.0 Å². The summed E-state index contributed by atoms with van der Waals surface area (Å²) in [6, 6.07) is 15.7. The molecule has 2 amide bonds. The zero-order valence-electron chi connectivity index (χ0n) is 18.0. The van der Waals surface area contributed by atoms with Gasteiger partial charge in [0, 0.05) is 23.3 Å². The van der Waals surface area contributed by atoms with Crippen molar-refractivity contribution in [3.8, 4) is 0 Å². The summed E-state index contributed by atoms with van der Waals surface area (Å²) in [7, 11) is 0. The topological polar surface area (TPSA) is 49.4 Å². The summed E-state index contributed by atoms with van der Waals surface area (Å²) < 4.78 is 0.960. The van der Waals surface area contributed by atoms with Crippen LogP contribution in [0.3, 0.4) is 0 Å². The number of benzene rings is 2. The zero-order valence-corrected chi connectivity index (χ0v) is 20.4. The summed E-state index contributed by atoms with van der Waals surface area (Å²) in [5, 5.41) is 2.96. The van der Waals surface area contributed by atoms with Crippen molar-refractivity contribution in [1.29, 1.82) is 0 Å². The maximum Gasteiger partial charge on any atom is 0.242 e. The third-order valence-electron chi connectivity index (χ3n) is 4.82. The summed E-state index contributed by atoms with van der Waals surface area (Å²) in [6.07, 6.45) is 1.95. The number of carbonyl (C=O) groups is 2. The predicted molar refractivity (Wildman–Crippen MR) is 129 cm³/mol. The maximum absolute atomic E-state index is 13.1. The predicted octanol–water partition coefficient (Wildman–Crippen LogP) is 5.32. The lowest BCUT2D eigenvalue weighted by Crippen LogP contribution is -2.48. The van der Waals surface area contributed by atoms with Crippen LogP contribution in [0.2, 0.25) is 0 Å². The molecule has 2 aromatic carbocycles. The lowest BCUT2D eigenvalue weighted by atomic mass is 10.1. The van der Waals surface area contributed by atoms with Crippen LogP contribution >= 0.6 is 27.7 Å². The van der Waals surface area contributed by atoms with Gasteiger partial charge in [0.25, 0.3) is 0 Å². The second kappa shape index (κ2) is 12.8. The fourth-order valence-corrected chi connectivity index (χ4v) is 4.40. The smallest absolute Gasteiger partial charge is 0.242 e. The second-order valence-electron chi connectivity index (χ2n) is 7.45. The van der Waals surface area contributed by atoms with Gasteiger partial charge >= 0.3 is 0 Å². The van der Waals surface area contributed by atoms with Gasteiger partial charge in [-0.3, -0.25) is 9.59 Å². The molecule has 162 valence electrons. The molecule has 0 aliphatic rings. The number of nitrogens with one attached hydrogen (secondary N) is 1. The molecule has 0 aliphatic heterocycles. The van der Waals surface area contributed by atoms with Gasteiger partial charge in [0.15, 0.2) is 0 Å². The van der Waals surface area contributed by atoms with E-state index in [0.717, 1.165) is 28.6 Å². The number of amides is 2. The molecule has 6 heteroatoms. The van der Waals surface area contributed by atoms with Crippen molar-refractivity contribution in [3.05, 3.63) is 69.7 Å². The highest BCUT2D eigenvalue weighted by Crippen LogP contribution is 2.18. The van der Waals surface area contributed by atoms with Gasteiger partial charge in [0.1, 0.15) is 6.04 Å². The molecular weight excluding hydrogens is 460 g/mol. The van der Waals surface area contributed by atoms with E-state index in [1.165, 1.54) is 11.1 Å². The summed E-state index contributed by atoms with van der Waals surface area (Å²) in [4.78, 5) is 27.4. The first kappa shape index (κ1) is 24.5. The van der Waals surface area contributed by atoms with Gasteiger partial charge in [-0.05, 0) is 43.5 Å². The molecule has 2 rings (SSSR count). The molecule has 0 saturated carbocycles. The SMILES string of the molecule is CCCCNC(=O)[C@@H](C)N(Cc1cccc(Br)c1)C(=O)CSCc1cccc(C)c1. The van der Waals surface area contributed by atoms with Gasteiger partial charge in [-0.2, -0.15) is 0 Å². The Bertz CT molecular complexity index is 843. The largest absolute Gasteiger partial charge is 0.354 e. The third kappa shape index (κ3) is 8.15. The Hall–Kier alpha value is -1.79. The van der Waals surface area contributed by atoms with Crippen molar-refractivity contribution < 1.29 is 9.59 Å². The Morgan fingerprint density at radius 3 is 2.57 bits per heavy atom. The van der Waals surface area contributed by atoms with Crippen LogP contribution in [-0.4, -0.2) is 35.1 Å². The fourth-order valence-electron chi connectivity index (χ4n) is 3.09. The number of nitrogens with zero attached hydrogens (tertiary/aromatic N) is 1. The highest BCUT2D eigenvalue weighted by Gasteiger charge is 2.25. The number of aryl methyl sites for hydroxylation is 1. The highest BCUT2D eigenvalue weighted by atomic mass is 79.9. The van der Waals surface area contributed by atoms with Crippen molar-refractivity contribution >= 4 is 39.5 Å². The van der Waals surface area contributed by atoms with Crippen LogP contribution in [0.25, 0.3) is 0 Å². The van der Waals surface area contributed by atoms with Crippen LogP contribution < -0.4 is 5.32 Å². The van der Waals surface area contributed by atoms with Gasteiger partial charge in [-0.25, -0.2) is 0 Å². The molecule has 4 nitrogen and oxygen atoms in total. The molecule has 2 aromatic rings. The average Bonchev–Trinajstić information content (AvgIpc) is 2.71. The first-order valence-electron chi connectivity index (χ1n) is 10.4. The average molecular weight is 491 g/mol. The Morgan fingerprint density at radius 1 is 1.13 bits per heavy atom. The lowest BCUT2D eigenvalue weighted by molar-refractivity contribution is -0.138. The Balaban J connectivity index is 2.04. The van der Waals surface area contributed by atoms with Crippen LogP contribution in [0.1, 0.15) is 43.4 Å². The van der Waals surface area contributed by atoms with Crippen LogP contribution in [0, 0.1) is 6.92 Å². The minimum atomic E-state index is -0.520. The first-order chi connectivity index (χ1) is 14.4. The standard InChI is InChI=1S/C24H31BrN2O2S/c1-4-5-12-26-24(29)19(3)27(15-20-9-7-11-22(25)14-20)23(28)17-30-16-21-10-6-8-18(2)13-21/h6-11,13-14,19H,4-5,12,15-17H2,1-3H3,(H,26,29)/t19-/m1/s1. The molecule has 0 fully saturated rings. The van der Waals surface area contributed by atoms with Gasteiger partial charge in [-0.15, -0.1) is 11.8 Å². The van der Waals surface area contributed by atoms with Gasteiger partial charge < -0.3 is 10.2 Å². The van der Waals surface area contributed by atoms with Crippen LogP contribution in [0.5, 0.6) is 0 Å². The molecule has 1 N–H and O–H groups in total. The Labute approximate surface area is 192 Å².